The van der Waals surface area contributed by atoms with Crippen LogP contribution in [0.4, 0.5) is 0 Å². The molecule has 2 aliphatic heterocycles. The smallest absolute Gasteiger partial charge is 0.288 e. The molecule has 0 atom stereocenters. The molecule has 0 unspecified atom stereocenters. The molecule has 0 N–H and O–H groups in total. The van der Waals surface area contributed by atoms with Gasteiger partial charge in [0, 0.05) is 25.9 Å². The van der Waals surface area contributed by atoms with E-state index in [1.807, 2.05) is 24.3 Å². The van der Waals surface area contributed by atoms with Crippen molar-refractivity contribution < 1.29 is 18.6 Å². The van der Waals surface area contributed by atoms with Gasteiger partial charge in [0.05, 0.1) is 32.6 Å². The third-order valence-electron chi connectivity index (χ3n) is 4.71. The molecule has 1 aromatic carbocycles. The van der Waals surface area contributed by atoms with Crippen molar-refractivity contribution in [1.82, 2.24) is 14.7 Å². The zero-order valence-electron chi connectivity index (χ0n) is 14.1. The minimum absolute atomic E-state index is 0.356. The van der Waals surface area contributed by atoms with Crippen molar-refractivity contribution in [2.45, 2.75) is 25.3 Å². The Bertz CT molecular complexity index is 787. The van der Waals surface area contributed by atoms with E-state index in [0.717, 1.165) is 31.5 Å². The summed E-state index contributed by atoms with van der Waals surface area (Å²) < 4.78 is 24.3. The number of likely N-dealkylation sites (tertiary alicyclic amines) is 1. The largest absolute Gasteiger partial charge is 0.496 e. The molecule has 0 radical (unpaired) electrons. The van der Waals surface area contributed by atoms with Gasteiger partial charge in [-0.05, 0) is 24.4 Å². The highest BCUT2D eigenvalue weighted by Crippen LogP contribution is 2.32. The van der Waals surface area contributed by atoms with Gasteiger partial charge < -0.3 is 18.6 Å². The van der Waals surface area contributed by atoms with Gasteiger partial charge in [0.2, 0.25) is 0 Å². The lowest BCUT2D eigenvalue weighted by molar-refractivity contribution is -0.187. The number of ether oxygens (including phenoxy) is 3. The summed E-state index contributed by atoms with van der Waals surface area (Å²) in [6.07, 6.45) is 1.72. The van der Waals surface area contributed by atoms with Gasteiger partial charge in [0.15, 0.2) is 5.79 Å². The molecule has 2 aromatic rings. The number of rotatable bonds is 4. The van der Waals surface area contributed by atoms with E-state index in [4.69, 9.17) is 30.8 Å². The number of nitrogens with zero attached hydrogens (tertiary/aromatic N) is 3. The second-order valence-corrected chi connectivity index (χ2v) is 6.59. The van der Waals surface area contributed by atoms with Crippen LogP contribution in [-0.2, 0) is 16.1 Å². The SMILES string of the molecule is COc1ccccc1-c1nn(CN2CCC3(CC2)OCCO3)c(=S)o1. The Morgan fingerprint density at radius 3 is 2.64 bits per heavy atom. The molecular weight excluding hydrogens is 342 g/mol. The zero-order chi connectivity index (χ0) is 17.3. The summed E-state index contributed by atoms with van der Waals surface area (Å²) in [6, 6.07) is 7.60. The summed E-state index contributed by atoms with van der Waals surface area (Å²) in [6.45, 7) is 3.72. The molecule has 1 spiro atoms. The van der Waals surface area contributed by atoms with Gasteiger partial charge in [-0.15, -0.1) is 5.10 Å². The number of hydrogen-bond donors (Lipinski definition) is 0. The van der Waals surface area contributed by atoms with E-state index >= 15 is 0 Å². The molecule has 3 heterocycles. The third kappa shape index (κ3) is 3.35. The van der Waals surface area contributed by atoms with Gasteiger partial charge in [-0.25, -0.2) is 4.68 Å². The van der Waals surface area contributed by atoms with Gasteiger partial charge >= 0.3 is 0 Å². The number of methoxy groups -OCH3 is 1. The first-order chi connectivity index (χ1) is 12.2. The Labute approximate surface area is 151 Å². The predicted molar refractivity (Wildman–Crippen MR) is 92.8 cm³/mol. The number of hydrogen-bond acceptors (Lipinski definition) is 7. The second kappa shape index (κ2) is 6.87. The van der Waals surface area contributed by atoms with E-state index < -0.39 is 0 Å². The third-order valence-corrected chi connectivity index (χ3v) is 5.00. The normalized spacial score (nSPS) is 20.2. The summed E-state index contributed by atoms with van der Waals surface area (Å²) in [5.74, 6) is 0.810. The Kier molecular flexibility index (Phi) is 4.60. The van der Waals surface area contributed by atoms with Crippen molar-refractivity contribution in [3.8, 4) is 17.2 Å². The molecule has 2 saturated heterocycles. The molecule has 1 aromatic heterocycles. The van der Waals surface area contributed by atoms with Crippen LogP contribution in [0.1, 0.15) is 12.8 Å². The van der Waals surface area contributed by atoms with Crippen LogP contribution in [0.2, 0.25) is 0 Å². The van der Waals surface area contributed by atoms with E-state index in [-0.39, 0.29) is 5.79 Å². The molecule has 0 amide bonds. The minimum Gasteiger partial charge on any atom is -0.496 e. The minimum atomic E-state index is -0.371. The van der Waals surface area contributed by atoms with E-state index in [2.05, 4.69) is 10.00 Å². The van der Waals surface area contributed by atoms with Crippen LogP contribution in [0.3, 0.4) is 0 Å². The summed E-state index contributed by atoms with van der Waals surface area (Å²) in [7, 11) is 1.63. The van der Waals surface area contributed by atoms with Gasteiger partial charge in [0.1, 0.15) is 5.75 Å². The Hall–Kier alpha value is -1.74. The molecular formula is C17H21N3O4S. The fourth-order valence-electron chi connectivity index (χ4n) is 3.34. The Morgan fingerprint density at radius 2 is 1.92 bits per heavy atom. The van der Waals surface area contributed by atoms with Crippen molar-refractivity contribution in [3.63, 3.8) is 0 Å². The molecule has 7 nitrogen and oxygen atoms in total. The number of benzene rings is 1. The van der Waals surface area contributed by atoms with Crippen LogP contribution in [0.5, 0.6) is 5.75 Å². The summed E-state index contributed by atoms with van der Waals surface area (Å²) in [5.41, 5.74) is 0.792. The summed E-state index contributed by atoms with van der Waals surface area (Å²) >= 11 is 5.34. The maximum atomic E-state index is 5.77. The number of aromatic nitrogens is 2. The van der Waals surface area contributed by atoms with Crippen molar-refractivity contribution in [3.05, 3.63) is 29.1 Å². The highest BCUT2D eigenvalue weighted by molar-refractivity contribution is 7.71. The summed E-state index contributed by atoms with van der Waals surface area (Å²) in [4.78, 5) is 2.63. The van der Waals surface area contributed by atoms with Gasteiger partial charge in [-0.2, -0.15) is 0 Å². The fourth-order valence-corrected chi connectivity index (χ4v) is 3.51. The highest BCUT2D eigenvalue weighted by atomic mass is 32.1. The van der Waals surface area contributed by atoms with Crippen LogP contribution in [0, 0.1) is 4.84 Å². The van der Waals surface area contributed by atoms with Crippen LogP contribution >= 0.6 is 12.2 Å². The lowest BCUT2D eigenvalue weighted by Crippen LogP contribution is -2.45. The van der Waals surface area contributed by atoms with Crippen LogP contribution in [0.15, 0.2) is 28.7 Å². The monoisotopic (exact) mass is 363 g/mol. The molecule has 2 fully saturated rings. The maximum Gasteiger partial charge on any atom is 0.288 e. The van der Waals surface area contributed by atoms with E-state index in [9.17, 15) is 0 Å². The standard InChI is InChI=1S/C17H21N3O4S/c1-21-14-5-3-2-4-13(14)15-18-20(16(25)24-15)12-19-8-6-17(7-9-19)22-10-11-23-17/h2-5H,6-12H2,1H3. The lowest BCUT2D eigenvalue weighted by Gasteiger charge is -2.37. The van der Waals surface area contributed by atoms with Crippen molar-refractivity contribution >= 4 is 12.2 Å². The molecule has 0 bridgehead atoms. The van der Waals surface area contributed by atoms with E-state index in [1.54, 1.807) is 11.8 Å². The van der Waals surface area contributed by atoms with Crippen LogP contribution in [-0.4, -0.2) is 53.9 Å². The van der Waals surface area contributed by atoms with Crippen molar-refractivity contribution in [2.75, 3.05) is 33.4 Å². The quantitative estimate of drug-likeness (QED) is 0.774. The van der Waals surface area contributed by atoms with Crippen molar-refractivity contribution in [1.29, 1.82) is 0 Å². The molecule has 2 aliphatic rings. The maximum absolute atomic E-state index is 5.77. The fraction of sp³-hybridized carbons (Fsp3) is 0.529. The van der Waals surface area contributed by atoms with E-state index in [0.29, 0.717) is 36.4 Å². The van der Waals surface area contributed by atoms with Crippen LogP contribution < -0.4 is 4.74 Å². The first-order valence-electron chi connectivity index (χ1n) is 8.41. The molecule has 0 aliphatic carbocycles. The van der Waals surface area contributed by atoms with Gasteiger partial charge in [-0.1, -0.05) is 12.1 Å². The van der Waals surface area contributed by atoms with Gasteiger partial charge in [0.25, 0.3) is 10.7 Å². The summed E-state index contributed by atoms with van der Waals surface area (Å²) in [5, 5.41) is 4.53. The molecule has 8 heteroatoms. The molecule has 25 heavy (non-hydrogen) atoms. The zero-order valence-corrected chi connectivity index (χ0v) is 15.0. The number of para-hydroxylation sites is 1. The first-order valence-corrected chi connectivity index (χ1v) is 8.82. The van der Waals surface area contributed by atoms with Crippen LogP contribution in [0.25, 0.3) is 11.5 Å². The number of piperidine rings is 1. The lowest BCUT2D eigenvalue weighted by atomic mass is 10.0. The van der Waals surface area contributed by atoms with E-state index in [1.165, 1.54) is 0 Å². The highest BCUT2D eigenvalue weighted by Gasteiger charge is 2.39. The van der Waals surface area contributed by atoms with Crippen molar-refractivity contribution in [2.24, 2.45) is 0 Å². The Morgan fingerprint density at radius 1 is 1.20 bits per heavy atom. The molecule has 4 rings (SSSR count). The topological polar surface area (TPSA) is 61.9 Å². The predicted octanol–water partition coefficient (Wildman–Crippen LogP) is 2.68. The molecule has 134 valence electrons. The Balaban J connectivity index is 1.47. The van der Waals surface area contributed by atoms with Gasteiger partial charge in [-0.3, -0.25) is 4.90 Å². The average Bonchev–Trinajstić information content (AvgIpc) is 3.24. The second-order valence-electron chi connectivity index (χ2n) is 6.24. The first kappa shape index (κ1) is 16.7. The average molecular weight is 363 g/mol. The molecule has 0 saturated carbocycles.